The molecule has 0 aliphatic heterocycles. The Morgan fingerprint density at radius 1 is 1.75 bits per heavy atom. The van der Waals surface area contributed by atoms with Crippen molar-refractivity contribution >= 4 is 0 Å². The summed E-state index contributed by atoms with van der Waals surface area (Å²) in [6.07, 6.45) is 2.56. The highest BCUT2D eigenvalue weighted by molar-refractivity contribution is 4.94. The van der Waals surface area contributed by atoms with E-state index in [9.17, 15) is 0 Å². The average molecular weight is 169 g/mol. The molecule has 3 N–H and O–H groups in total. The summed E-state index contributed by atoms with van der Waals surface area (Å²) >= 11 is 0. The quantitative estimate of drug-likeness (QED) is 0.673. The molecule has 1 aromatic rings. The Labute approximate surface area is 72.1 Å². The summed E-state index contributed by atoms with van der Waals surface area (Å²) in [5.41, 5.74) is 6.33. The van der Waals surface area contributed by atoms with E-state index in [0.29, 0.717) is 12.6 Å². The van der Waals surface area contributed by atoms with Crippen LogP contribution in [-0.2, 0) is 6.54 Å². The van der Waals surface area contributed by atoms with Crippen molar-refractivity contribution in [3.63, 3.8) is 0 Å². The van der Waals surface area contributed by atoms with Gasteiger partial charge in [0.15, 0.2) is 0 Å². The lowest BCUT2D eigenvalue weighted by Crippen LogP contribution is -2.27. The van der Waals surface area contributed by atoms with Crippen LogP contribution in [0.5, 0.6) is 0 Å². The molecule has 1 rings (SSSR count). The monoisotopic (exact) mass is 169 g/mol. The maximum atomic E-state index is 5.40. The molecule has 0 aliphatic carbocycles. The molecule has 0 amide bonds. The van der Waals surface area contributed by atoms with Gasteiger partial charge >= 0.3 is 0 Å². The highest BCUT2D eigenvalue weighted by Gasteiger charge is 2.00. The summed E-state index contributed by atoms with van der Waals surface area (Å²) in [5, 5.41) is 7.06. The van der Waals surface area contributed by atoms with Gasteiger partial charge < -0.3 is 15.6 Å². The molecular formula is C8H15N3O. The zero-order valence-electron chi connectivity index (χ0n) is 7.29. The molecule has 4 heteroatoms. The van der Waals surface area contributed by atoms with E-state index in [4.69, 9.17) is 10.3 Å². The molecule has 68 valence electrons. The predicted octanol–water partition coefficient (Wildman–Crippen LogP) is 0.501. The van der Waals surface area contributed by atoms with E-state index in [0.717, 1.165) is 18.7 Å². The third-order valence-corrected chi connectivity index (χ3v) is 1.72. The van der Waals surface area contributed by atoms with Crippen LogP contribution in [0.1, 0.15) is 19.0 Å². The van der Waals surface area contributed by atoms with Gasteiger partial charge in [-0.2, -0.15) is 0 Å². The van der Waals surface area contributed by atoms with Gasteiger partial charge in [-0.05, 0) is 19.9 Å². The molecule has 0 aromatic carbocycles. The molecule has 0 fully saturated rings. The molecule has 0 bridgehead atoms. The number of nitrogens with two attached hydrogens (primary N) is 1. The standard InChI is InChI=1S/C8H15N3O/c1-7(2-4-9)10-6-8-3-5-12-11-8/h3,5,7,10H,2,4,6,9H2,1H3. The maximum Gasteiger partial charge on any atom is 0.124 e. The van der Waals surface area contributed by atoms with Crippen LogP contribution in [0.4, 0.5) is 0 Å². The summed E-state index contributed by atoms with van der Waals surface area (Å²) in [7, 11) is 0. The molecular weight excluding hydrogens is 154 g/mol. The Bertz CT molecular complexity index is 198. The summed E-state index contributed by atoms with van der Waals surface area (Å²) in [4.78, 5) is 0. The fourth-order valence-electron chi connectivity index (χ4n) is 0.960. The van der Waals surface area contributed by atoms with E-state index < -0.39 is 0 Å². The maximum absolute atomic E-state index is 5.40. The second-order valence-corrected chi connectivity index (χ2v) is 2.85. The Morgan fingerprint density at radius 3 is 3.17 bits per heavy atom. The SMILES string of the molecule is CC(CCN)NCc1ccon1. The Balaban J connectivity index is 2.17. The van der Waals surface area contributed by atoms with Gasteiger partial charge in [0.2, 0.25) is 0 Å². The predicted molar refractivity (Wildman–Crippen MR) is 46.5 cm³/mol. The van der Waals surface area contributed by atoms with E-state index in [1.54, 1.807) is 6.26 Å². The van der Waals surface area contributed by atoms with Crippen molar-refractivity contribution < 1.29 is 4.52 Å². The molecule has 0 radical (unpaired) electrons. The first-order valence-electron chi connectivity index (χ1n) is 4.15. The number of nitrogens with one attached hydrogen (secondary N) is 1. The Kier molecular flexibility index (Phi) is 3.76. The zero-order valence-corrected chi connectivity index (χ0v) is 7.29. The van der Waals surface area contributed by atoms with E-state index in [1.165, 1.54) is 0 Å². The van der Waals surface area contributed by atoms with Gasteiger partial charge in [0, 0.05) is 18.7 Å². The third kappa shape index (κ3) is 3.02. The molecule has 1 heterocycles. The largest absolute Gasteiger partial charge is 0.364 e. The summed E-state index contributed by atoms with van der Waals surface area (Å²) < 4.78 is 4.69. The first kappa shape index (κ1) is 9.22. The van der Waals surface area contributed by atoms with Crippen molar-refractivity contribution in [3.8, 4) is 0 Å². The average Bonchev–Trinajstić information content (AvgIpc) is 2.53. The molecule has 12 heavy (non-hydrogen) atoms. The van der Waals surface area contributed by atoms with Crippen LogP contribution in [0, 0.1) is 0 Å². The van der Waals surface area contributed by atoms with Crippen LogP contribution in [0.15, 0.2) is 16.9 Å². The Hall–Kier alpha value is -0.870. The minimum atomic E-state index is 0.437. The van der Waals surface area contributed by atoms with Crippen LogP contribution in [0.25, 0.3) is 0 Å². The normalized spacial score (nSPS) is 13.2. The minimum absolute atomic E-state index is 0.437. The molecule has 1 atom stereocenters. The van der Waals surface area contributed by atoms with Crippen molar-refractivity contribution in [3.05, 3.63) is 18.0 Å². The van der Waals surface area contributed by atoms with Gasteiger partial charge in [0.05, 0.1) is 5.69 Å². The van der Waals surface area contributed by atoms with Gasteiger partial charge in [-0.15, -0.1) is 0 Å². The molecule has 0 saturated heterocycles. The van der Waals surface area contributed by atoms with Gasteiger partial charge in [0.1, 0.15) is 6.26 Å². The van der Waals surface area contributed by atoms with Crippen LogP contribution in [0.2, 0.25) is 0 Å². The molecule has 1 aromatic heterocycles. The molecule has 1 unspecified atom stereocenters. The zero-order chi connectivity index (χ0) is 8.81. The number of hydrogen-bond acceptors (Lipinski definition) is 4. The number of rotatable bonds is 5. The van der Waals surface area contributed by atoms with Crippen molar-refractivity contribution in [2.45, 2.75) is 25.9 Å². The van der Waals surface area contributed by atoms with Gasteiger partial charge in [-0.25, -0.2) is 0 Å². The lowest BCUT2D eigenvalue weighted by atomic mass is 10.2. The van der Waals surface area contributed by atoms with Crippen molar-refractivity contribution in [2.24, 2.45) is 5.73 Å². The van der Waals surface area contributed by atoms with Crippen molar-refractivity contribution in [2.75, 3.05) is 6.54 Å². The fraction of sp³-hybridized carbons (Fsp3) is 0.625. The topological polar surface area (TPSA) is 64.1 Å². The smallest absolute Gasteiger partial charge is 0.124 e. The minimum Gasteiger partial charge on any atom is -0.364 e. The second kappa shape index (κ2) is 4.90. The highest BCUT2D eigenvalue weighted by Crippen LogP contribution is 1.95. The van der Waals surface area contributed by atoms with Crippen LogP contribution >= 0.6 is 0 Å². The Morgan fingerprint density at radius 2 is 2.58 bits per heavy atom. The number of nitrogens with zero attached hydrogens (tertiary/aromatic N) is 1. The number of aromatic nitrogens is 1. The van der Waals surface area contributed by atoms with Crippen molar-refractivity contribution in [1.29, 1.82) is 0 Å². The van der Waals surface area contributed by atoms with Crippen molar-refractivity contribution in [1.82, 2.24) is 10.5 Å². The summed E-state index contributed by atoms with van der Waals surface area (Å²) in [6, 6.07) is 2.29. The summed E-state index contributed by atoms with van der Waals surface area (Å²) in [6.45, 7) is 3.57. The lowest BCUT2D eigenvalue weighted by molar-refractivity contribution is 0.404. The summed E-state index contributed by atoms with van der Waals surface area (Å²) in [5.74, 6) is 0. The second-order valence-electron chi connectivity index (χ2n) is 2.85. The van der Waals surface area contributed by atoms with E-state index in [2.05, 4.69) is 17.4 Å². The third-order valence-electron chi connectivity index (χ3n) is 1.72. The van der Waals surface area contributed by atoms with E-state index in [1.807, 2.05) is 6.07 Å². The van der Waals surface area contributed by atoms with Crippen LogP contribution < -0.4 is 11.1 Å². The molecule has 0 aliphatic rings. The highest BCUT2D eigenvalue weighted by atomic mass is 16.5. The molecule has 0 saturated carbocycles. The van der Waals surface area contributed by atoms with E-state index in [-0.39, 0.29) is 0 Å². The van der Waals surface area contributed by atoms with Crippen LogP contribution in [-0.4, -0.2) is 17.7 Å². The first-order chi connectivity index (χ1) is 5.83. The first-order valence-corrected chi connectivity index (χ1v) is 4.15. The fourth-order valence-corrected chi connectivity index (χ4v) is 0.960. The van der Waals surface area contributed by atoms with Gasteiger partial charge in [-0.1, -0.05) is 5.16 Å². The molecule has 4 nitrogen and oxygen atoms in total. The van der Waals surface area contributed by atoms with Gasteiger partial charge in [-0.3, -0.25) is 0 Å². The van der Waals surface area contributed by atoms with E-state index >= 15 is 0 Å². The van der Waals surface area contributed by atoms with Crippen LogP contribution in [0.3, 0.4) is 0 Å². The lowest BCUT2D eigenvalue weighted by Gasteiger charge is -2.10. The molecule has 0 spiro atoms. The number of hydrogen-bond donors (Lipinski definition) is 2. The van der Waals surface area contributed by atoms with Gasteiger partial charge in [0.25, 0.3) is 0 Å².